The molecule has 0 spiro atoms. The Balaban J connectivity index is -0.0000000250. The summed E-state index contributed by atoms with van der Waals surface area (Å²) in [7, 11) is 0. The predicted octanol–water partition coefficient (Wildman–Crippen LogP) is -9.39. The van der Waals surface area contributed by atoms with Gasteiger partial charge in [-0.05, 0) is 13.8 Å². The van der Waals surface area contributed by atoms with E-state index in [4.69, 9.17) is 51.1 Å². The van der Waals surface area contributed by atoms with Gasteiger partial charge in [0.2, 0.25) is 0 Å². The largest absolute Gasteiger partial charge is 1.00 e. The molecule has 0 aromatic rings. The SMILES string of the molecule is CC(=O)O.CC(=O)O.CC(=O)[O-].CC(=O)[O-].NCCN.[K+].[K+]. The van der Waals surface area contributed by atoms with Crippen molar-refractivity contribution in [3.05, 3.63) is 0 Å². The Morgan fingerprint density at radius 2 is 0.773 bits per heavy atom. The summed E-state index contributed by atoms with van der Waals surface area (Å²) < 4.78 is 0. The van der Waals surface area contributed by atoms with E-state index in [1.54, 1.807) is 0 Å². The molecule has 122 valence electrons. The summed E-state index contributed by atoms with van der Waals surface area (Å²) in [6.45, 7) is 5.31. The van der Waals surface area contributed by atoms with Crippen molar-refractivity contribution < 1.29 is 142 Å². The first-order chi connectivity index (χ1) is 8.84. The maximum atomic E-state index is 9.00. The van der Waals surface area contributed by atoms with Crippen molar-refractivity contribution in [3.63, 3.8) is 0 Å². The molecular weight excluding hydrogens is 354 g/mol. The van der Waals surface area contributed by atoms with Crippen molar-refractivity contribution in [2.45, 2.75) is 27.7 Å². The fourth-order valence-corrected chi connectivity index (χ4v) is 0. The normalized spacial score (nSPS) is 5.91. The number of aliphatic carboxylic acids is 4. The zero-order valence-corrected chi connectivity index (χ0v) is 20.2. The third-order valence-electron chi connectivity index (χ3n) is 0.167. The number of hydrogen-bond donors (Lipinski definition) is 4. The first kappa shape index (κ1) is 43.5. The third-order valence-corrected chi connectivity index (χ3v) is 0.167. The molecule has 0 aliphatic heterocycles. The van der Waals surface area contributed by atoms with Gasteiger partial charge in [-0.3, -0.25) is 9.59 Å². The van der Waals surface area contributed by atoms with E-state index < -0.39 is 23.9 Å². The van der Waals surface area contributed by atoms with Gasteiger partial charge in [0.1, 0.15) is 0 Å². The Hall–Kier alpha value is 1.07. The topological polar surface area (TPSA) is 207 Å². The Kier molecular flexibility index (Phi) is 85.3. The zero-order valence-electron chi connectivity index (χ0n) is 13.9. The van der Waals surface area contributed by atoms with E-state index in [2.05, 4.69) is 0 Å². The minimum Gasteiger partial charge on any atom is -0.550 e. The molecule has 0 amide bonds. The maximum absolute atomic E-state index is 9.00. The Labute approximate surface area is 214 Å². The summed E-state index contributed by atoms with van der Waals surface area (Å²) in [5, 5.41) is 32.6. The average molecular weight is 376 g/mol. The van der Waals surface area contributed by atoms with E-state index >= 15 is 0 Å². The van der Waals surface area contributed by atoms with Crippen LogP contribution in [0, 0.1) is 0 Å². The minimum absolute atomic E-state index is 0. The van der Waals surface area contributed by atoms with Gasteiger partial charge in [-0.2, -0.15) is 0 Å². The van der Waals surface area contributed by atoms with Crippen LogP contribution in [0.3, 0.4) is 0 Å². The van der Waals surface area contributed by atoms with Gasteiger partial charge in [-0.15, -0.1) is 0 Å². The van der Waals surface area contributed by atoms with Crippen molar-refractivity contribution in [1.82, 2.24) is 0 Å². The van der Waals surface area contributed by atoms with Gasteiger partial charge in [0.25, 0.3) is 11.9 Å². The van der Waals surface area contributed by atoms with Gasteiger partial charge in [-0.25, -0.2) is 0 Å². The van der Waals surface area contributed by atoms with E-state index in [-0.39, 0.29) is 103 Å². The zero-order chi connectivity index (χ0) is 17.7. The second kappa shape index (κ2) is 43.1. The molecule has 0 fully saturated rings. The van der Waals surface area contributed by atoms with Gasteiger partial charge < -0.3 is 41.5 Å². The maximum Gasteiger partial charge on any atom is 1.00 e. The van der Waals surface area contributed by atoms with Crippen molar-refractivity contribution >= 4 is 23.9 Å². The molecule has 0 radical (unpaired) electrons. The standard InChI is InChI=1S/C2H8N2.4C2H4O2.2K/c3-1-2-4;4*1-2(3)4;;/h1-4H2;4*1H3,(H,3,4);;/q;;;;;2*+1/p-2. The van der Waals surface area contributed by atoms with E-state index in [1.807, 2.05) is 0 Å². The molecule has 0 aromatic carbocycles. The number of carboxylic acid groups (broad SMARTS) is 4. The van der Waals surface area contributed by atoms with Gasteiger partial charge in [0, 0.05) is 38.9 Å². The fourth-order valence-electron chi connectivity index (χ4n) is 0. The molecule has 0 saturated heterocycles. The molecule has 0 saturated carbocycles. The molecule has 0 aliphatic carbocycles. The number of nitrogens with two attached hydrogens (primary N) is 2. The number of carbonyl (C=O) groups is 4. The summed E-state index contributed by atoms with van der Waals surface area (Å²) in [5.41, 5.74) is 9.81. The molecule has 12 heteroatoms. The first-order valence-corrected chi connectivity index (χ1v) is 4.99. The molecule has 0 aliphatic rings. The number of hydrogen-bond acceptors (Lipinski definition) is 8. The van der Waals surface area contributed by atoms with Gasteiger partial charge in [-0.1, -0.05) is 0 Å². The van der Waals surface area contributed by atoms with Crippen LogP contribution in [0.25, 0.3) is 0 Å². The number of carboxylic acids is 4. The minimum atomic E-state index is -1.08. The van der Waals surface area contributed by atoms with Crippen LogP contribution in [-0.4, -0.2) is 47.2 Å². The summed E-state index contributed by atoms with van der Waals surface area (Å²) in [6.07, 6.45) is 0. The molecule has 0 rings (SSSR count). The van der Waals surface area contributed by atoms with Gasteiger partial charge in [0.05, 0.1) is 0 Å². The Bertz CT molecular complexity index is 199. The Morgan fingerprint density at radius 1 is 0.727 bits per heavy atom. The summed E-state index contributed by atoms with van der Waals surface area (Å²) in [5.74, 6) is -3.83. The van der Waals surface area contributed by atoms with Crippen LogP contribution in [0.2, 0.25) is 0 Å². The smallest absolute Gasteiger partial charge is 0.550 e. The van der Waals surface area contributed by atoms with Crippen LogP contribution >= 0.6 is 0 Å². The van der Waals surface area contributed by atoms with Crippen LogP contribution in [0.1, 0.15) is 27.7 Å². The first-order valence-electron chi connectivity index (χ1n) is 4.99. The molecule has 0 aromatic heterocycles. The second-order valence-electron chi connectivity index (χ2n) is 2.60. The van der Waals surface area contributed by atoms with Gasteiger partial charge in [0.15, 0.2) is 0 Å². The van der Waals surface area contributed by atoms with Crippen molar-refractivity contribution in [1.29, 1.82) is 0 Å². The van der Waals surface area contributed by atoms with Crippen LogP contribution in [0.4, 0.5) is 0 Å². The molecule has 0 unspecified atom stereocenters. The molecule has 0 atom stereocenters. The monoisotopic (exact) mass is 376 g/mol. The number of carbonyl (C=O) groups excluding carboxylic acids is 2. The summed E-state index contributed by atoms with van der Waals surface area (Å²) in [4.78, 5) is 35.8. The van der Waals surface area contributed by atoms with E-state index in [0.717, 1.165) is 27.7 Å². The number of rotatable bonds is 1. The molecule has 10 nitrogen and oxygen atoms in total. The summed E-state index contributed by atoms with van der Waals surface area (Å²) in [6, 6.07) is 0. The van der Waals surface area contributed by atoms with Crippen LogP contribution in [-0.2, 0) is 19.2 Å². The fraction of sp³-hybridized carbons (Fsp3) is 0.600. The molecule has 0 heterocycles. The predicted molar refractivity (Wildman–Crippen MR) is 66.1 cm³/mol. The van der Waals surface area contributed by atoms with Gasteiger partial charge >= 0.3 is 103 Å². The second-order valence-corrected chi connectivity index (χ2v) is 2.60. The van der Waals surface area contributed by atoms with Crippen molar-refractivity contribution in [2.75, 3.05) is 13.1 Å². The van der Waals surface area contributed by atoms with Crippen LogP contribution < -0.4 is 124 Å². The van der Waals surface area contributed by atoms with Crippen molar-refractivity contribution in [2.24, 2.45) is 11.5 Å². The quantitative estimate of drug-likeness (QED) is 0.318. The average Bonchev–Trinajstić information content (AvgIpc) is 2.13. The van der Waals surface area contributed by atoms with E-state index in [0.29, 0.717) is 13.1 Å². The molecule has 6 N–H and O–H groups in total. The third kappa shape index (κ3) is 1980. The molecule has 0 bridgehead atoms. The summed E-state index contributed by atoms with van der Waals surface area (Å²) >= 11 is 0. The molecular formula is C10H22K2N2O8. The van der Waals surface area contributed by atoms with Crippen LogP contribution in [0.5, 0.6) is 0 Å². The van der Waals surface area contributed by atoms with Crippen LogP contribution in [0.15, 0.2) is 0 Å². The van der Waals surface area contributed by atoms with E-state index in [1.165, 1.54) is 0 Å². The van der Waals surface area contributed by atoms with E-state index in [9.17, 15) is 0 Å². The Morgan fingerprint density at radius 3 is 0.773 bits per heavy atom. The molecule has 22 heavy (non-hydrogen) atoms. The van der Waals surface area contributed by atoms with Crippen molar-refractivity contribution in [3.8, 4) is 0 Å².